The second kappa shape index (κ2) is 5.82. The molecule has 3 nitrogen and oxygen atoms in total. The van der Waals surface area contributed by atoms with Gasteiger partial charge in [0.2, 0.25) is 0 Å². The van der Waals surface area contributed by atoms with E-state index in [2.05, 4.69) is 5.32 Å². The Balaban J connectivity index is 1.91. The van der Waals surface area contributed by atoms with Crippen LogP contribution in [0.15, 0.2) is 24.3 Å². The fourth-order valence-corrected chi connectivity index (χ4v) is 1.69. The van der Waals surface area contributed by atoms with Crippen molar-refractivity contribution in [3.8, 4) is 5.75 Å². The highest BCUT2D eigenvalue weighted by molar-refractivity contribution is 5.96. The molecule has 0 saturated heterocycles. The van der Waals surface area contributed by atoms with Gasteiger partial charge in [-0.25, -0.2) is 0 Å². The summed E-state index contributed by atoms with van der Waals surface area (Å²) in [6.07, 6.45) is 4.13. The van der Waals surface area contributed by atoms with Crippen LogP contribution in [0.5, 0.6) is 5.75 Å². The number of nitrogens with one attached hydrogen (secondary N) is 1. The Morgan fingerprint density at radius 2 is 2.29 bits per heavy atom. The first-order chi connectivity index (χ1) is 8.29. The number of hydrogen-bond acceptors (Lipinski definition) is 3. The van der Waals surface area contributed by atoms with E-state index in [4.69, 9.17) is 4.74 Å². The van der Waals surface area contributed by atoms with Crippen LogP contribution in [0.3, 0.4) is 0 Å². The molecule has 0 bridgehead atoms. The minimum atomic E-state index is 0.196. The summed E-state index contributed by atoms with van der Waals surface area (Å²) in [5, 5.41) is 3.04. The van der Waals surface area contributed by atoms with Gasteiger partial charge in [0.1, 0.15) is 5.75 Å². The second-order valence-electron chi connectivity index (χ2n) is 4.48. The van der Waals surface area contributed by atoms with E-state index in [0.29, 0.717) is 12.5 Å². The zero-order chi connectivity index (χ0) is 12.1. The Morgan fingerprint density at radius 1 is 1.47 bits per heavy atom. The number of hydrogen-bond donors (Lipinski definition) is 1. The molecule has 0 unspecified atom stereocenters. The lowest BCUT2D eigenvalue weighted by atomic mass is 10.1. The van der Waals surface area contributed by atoms with Gasteiger partial charge < -0.3 is 10.1 Å². The summed E-state index contributed by atoms with van der Waals surface area (Å²) in [6.45, 7) is 0.879. The van der Waals surface area contributed by atoms with E-state index in [-0.39, 0.29) is 5.78 Å². The molecule has 0 radical (unpaired) electrons. The van der Waals surface area contributed by atoms with Gasteiger partial charge in [-0.3, -0.25) is 4.79 Å². The maximum atomic E-state index is 11.9. The third kappa shape index (κ3) is 3.86. The molecule has 0 spiro atoms. The number of rotatable bonds is 7. The molecule has 17 heavy (non-hydrogen) atoms. The first-order valence-corrected chi connectivity index (χ1v) is 6.24. The maximum Gasteiger partial charge on any atom is 0.163 e. The fourth-order valence-electron chi connectivity index (χ4n) is 1.69. The molecular formula is C14H19NO2. The fraction of sp³-hybridized carbons (Fsp3) is 0.500. The standard InChI is InChI=1S/C14H19NO2/c1-15-9-3-6-14(16)11-4-2-5-13(10-11)17-12-7-8-12/h2,4-5,10,12,15H,3,6-9H2,1H3. The lowest BCUT2D eigenvalue weighted by Crippen LogP contribution is -2.10. The Labute approximate surface area is 102 Å². The highest BCUT2D eigenvalue weighted by Crippen LogP contribution is 2.27. The summed E-state index contributed by atoms with van der Waals surface area (Å²) < 4.78 is 5.68. The smallest absolute Gasteiger partial charge is 0.163 e. The van der Waals surface area contributed by atoms with E-state index in [1.807, 2.05) is 31.3 Å². The number of Topliss-reactive ketones (excluding diaryl/α,β-unsaturated/α-hetero) is 1. The van der Waals surface area contributed by atoms with E-state index in [0.717, 1.165) is 37.1 Å². The summed E-state index contributed by atoms with van der Waals surface area (Å²) >= 11 is 0. The van der Waals surface area contributed by atoms with Gasteiger partial charge in [0.05, 0.1) is 6.10 Å². The topological polar surface area (TPSA) is 38.3 Å². The number of ether oxygens (including phenoxy) is 1. The van der Waals surface area contributed by atoms with Gasteiger partial charge in [-0.2, -0.15) is 0 Å². The molecule has 1 aromatic carbocycles. The SMILES string of the molecule is CNCCCC(=O)c1cccc(OC2CC2)c1. The summed E-state index contributed by atoms with van der Waals surface area (Å²) in [6, 6.07) is 7.53. The van der Waals surface area contributed by atoms with Crippen LogP contribution in [0, 0.1) is 0 Å². The normalized spacial score (nSPS) is 14.6. The third-order valence-electron chi connectivity index (χ3n) is 2.81. The van der Waals surface area contributed by atoms with Crippen molar-refractivity contribution in [3.05, 3.63) is 29.8 Å². The average Bonchev–Trinajstić information content (AvgIpc) is 3.13. The third-order valence-corrected chi connectivity index (χ3v) is 2.81. The highest BCUT2D eigenvalue weighted by Gasteiger charge is 2.23. The monoisotopic (exact) mass is 233 g/mol. The molecule has 0 heterocycles. The summed E-state index contributed by atoms with van der Waals surface area (Å²) in [5.41, 5.74) is 0.763. The number of benzene rings is 1. The minimum absolute atomic E-state index is 0.196. The van der Waals surface area contributed by atoms with Crippen LogP contribution in [0.25, 0.3) is 0 Å². The molecule has 1 fully saturated rings. The minimum Gasteiger partial charge on any atom is -0.490 e. The van der Waals surface area contributed by atoms with Crippen molar-refractivity contribution in [2.45, 2.75) is 31.8 Å². The molecule has 1 N–H and O–H groups in total. The van der Waals surface area contributed by atoms with Crippen molar-refractivity contribution < 1.29 is 9.53 Å². The van der Waals surface area contributed by atoms with E-state index < -0.39 is 0 Å². The summed E-state index contributed by atoms with van der Waals surface area (Å²) in [7, 11) is 1.90. The molecule has 0 aromatic heterocycles. The number of carbonyl (C=O) groups excluding carboxylic acids is 1. The van der Waals surface area contributed by atoms with Crippen LogP contribution < -0.4 is 10.1 Å². The van der Waals surface area contributed by atoms with E-state index in [1.54, 1.807) is 0 Å². The Bertz CT molecular complexity index is 386. The van der Waals surface area contributed by atoms with Crippen LogP contribution in [0.4, 0.5) is 0 Å². The van der Waals surface area contributed by atoms with Gasteiger partial charge in [-0.15, -0.1) is 0 Å². The average molecular weight is 233 g/mol. The van der Waals surface area contributed by atoms with Gasteiger partial charge in [0.15, 0.2) is 5.78 Å². The van der Waals surface area contributed by atoms with E-state index in [1.165, 1.54) is 0 Å². The molecule has 0 aliphatic heterocycles. The number of ketones is 1. The Morgan fingerprint density at radius 3 is 3.00 bits per heavy atom. The predicted molar refractivity (Wildman–Crippen MR) is 67.6 cm³/mol. The van der Waals surface area contributed by atoms with Crippen LogP contribution in [0.2, 0.25) is 0 Å². The summed E-state index contributed by atoms with van der Waals surface area (Å²) in [4.78, 5) is 11.9. The Kier molecular flexibility index (Phi) is 4.15. The molecule has 1 aliphatic carbocycles. The van der Waals surface area contributed by atoms with Crippen LogP contribution in [0.1, 0.15) is 36.0 Å². The van der Waals surface area contributed by atoms with Crippen molar-refractivity contribution in [1.82, 2.24) is 5.32 Å². The first-order valence-electron chi connectivity index (χ1n) is 6.24. The second-order valence-corrected chi connectivity index (χ2v) is 4.48. The van der Waals surface area contributed by atoms with Crippen molar-refractivity contribution in [3.63, 3.8) is 0 Å². The van der Waals surface area contributed by atoms with Crippen molar-refractivity contribution >= 4 is 5.78 Å². The highest BCUT2D eigenvalue weighted by atomic mass is 16.5. The molecular weight excluding hydrogens is 214 g/mol. The van der Waals surface area contributed by atoms with Crippen molar-refractivity contribution in [2.75, 3.05) is 13.6 Å². The van der Waals surface area contributed by atoms with E-state index in [9.17, 15) is 4.79 Å². The molecule has 92 valence electrons. The van der Waals surface area contributed by atoms with Gasteiger partial charge in [-0.1, -0.05) is 12.1 Å². The van der Waals surface area contributed by atoms with Gasteiger partial charge in [-0.05, 0) is 45.0 Å². The molecule has 0 atom stereocenters. The Hall–Kier alpha value is -1.35. The maximum absolute atomic E-state index is 11.9. The summed E-state index contributed by atoms with van der Waals surface area (Å²) in [5.74, 6) is 1.02. The number of carbonyl (C=O) groups is 1. The molecule has 0 amide bonds. The quantitative estimate of drug-likeness (QED) is 0.580. The largest absolute Gasteiger partial charge is 0.490 e. The van der Waals surface area contributed by atoms with Crippen LogP contribution in [-0.2, 0) is 0 Å². The zero-order valence-corrected chi connectivity index (χ0v) is 10.2. The first kappa shape index (κ1) is 12.1. The van der Waals surface area contributed by atoms with Crippen LogP contribution in [-0.4, -0.2) is 25.5 Å². The molecule has 1 aliphatic rings. The zero-order valence-electron chi connectivity index (χ0n) is 10.2. The molecule has 1 saturated carbocycles. The van der Waals surface area contributed by atoms with Gasteiger partial charge >= 0.3 is 0 Å². The lowest BCUT2D eigenvalue weighted by molar-refractivity contribution is 0.0979. The van der Waals surface area contributed by atoms with Crippen molar-refractivity contribution in [1.29, 1.82) is 0 Å². The van der Waals surface area contributed by atoms with Crippen LogP contribution >= 0.6 is 0 Å². The van der Waals surface area contributed by atoms with Gasteiger partial charge in [0, 0.05) is 12.0 Å². The lowest BCUT2D eigenvalue weighted by Gasteiger charge is -2.06. The molecule has 1 aromatic rings. The molecule has 2 rings (SSSR count). The van der Waals surface area contributed by atoms with Gasteiger partial charge in [0.25, 0.3) is 0 Å². The van der Waals surface area contributed by atoms with Crippen molar-refractivity contribution in [2.24, 2.45) is 0 Å². The predicted octanol–water partition coefficient (Wildman–Crippen LogP) is 2.41. The van der Waals surface area contributed by atoms with E-state index >= 15 is 0 Å². The molecule has 3 heteroatoms.